The molecule has 2 aromatic heterocycles. The number of nitrogens with zero attached hydrogens (tertiary/aromatic N) is 3. The number of hydrogen-bond donors (Lipinski definition) is 5. The molecule has 4 unspecified atom stereocenters. The first-order chi connectivity index (χ1) is 14.6. The third kappa shape index (κ3) is 5.27. The Balaban J connectivity index is 1.76. The number of ether oxygens (including phenoxy) is 1. The van der Waals surface area contributed by atoms with E-state index < -0.39 is 54.1 Å². The van der Waals surface area contributed by atoms with E-state index in [1.165, 1.54) is 23.8 Å². The number of halogens is 1. The van der Waals surface area contributed by atoms with E-state index in [-0.39, 0.29) is 11.5 Å². The first kappa shape index (κ1) is 25.3. The van der Waals surface area contributed by atoms with Crippen LogP contribution in [0.4, 0.5) is 10.2 Å². The van der Waals surface area contributed by atoms with E-state index in [1.54, 1.807) is 0 Å². The number of fused-ring (bicyclic) bond motifs is 1. The van der Waals surface area contributed by atoms with E-state index in [0.29, 0.717) is 5.39 Å². The Kier molecular flexibility index (Phi) is 6.99. The molecule has 3 rings (SSSR count). The van der Waals surface area contributed by atoms with Gasteiger partial charge in [-0.05, 0) is 19.9 Å². The lowest BCUT2D eigenvalue weighted by atomic mass is 9.96. The molecule has 0 amide bonds. The van der Waals surface area contributed by atoms with Crippen molar-refractivity contribution in [3.8, 4) is 0 Å². The molecule has 1 aliphatic rings. The van der Waals surface area contributed by atoms with Crippen LogP contribution < -0.4 is 5.73 Å². The molecule has 0 aliphatic carbocycles. The highest BCUT2D eigenvalue weighted by molar-refractivity contribution is 7.64. The standard InChI is InChI=1S/C13H20FN4O11P3/c1-6(27-30(20)28-32(24,25)29-31(21,22)23)8-9(19)13(2,14)12(26-8)18-4-3-7-10(15)16-5-17-11(7)18/h3-6,8-9,12,19,30H,1-2H3,(H,24,25)(H2,15,16,17)(H2,21,22,23)/t6?,8-,9-,12?,13-/m1/s1. The number of rotatable bonds is 8. The van der Waals surface area contributed by atoms with Crippen LogP contribution in [0, 0.1) is 0 Å². The molecule has 0 radical (unpaired) electrons. The third-order valence-corrected chi connectivity index (χ3v) is 8.36. The molecule has 15 nitrogen and oxygen atoms in total. The van der Waals surface area contributed by atoms with Gasteiger partial charge in [0, 0.05) is 6.20 Å². The van der Waals surface area contributed by atoms with Gasteiger partial charge in [0.2, 0.25) is 0 Å². The second kappa shape index (κ2) is 8.82. The lowest BCUT2D eigenvalue weighted by molar-refractivity contribution is -0.0731. The molecule has 0 bridgehead atoms. The fraction of sp³-hybridized carbons (Fsp3) is 0.538. The number of aliphatic hydroxyl groups excluding tert-OH is 1. The maximum atomic E-state index is 15.4. The summed E-state index contributed by atoms with van der Waals surface area (Å²) >= 11 is 0. The smallest absolute Gasteiger partial charge is 0.387 e. The fourth-order valence-electron chi connectivity index (χ4n) is 3.19. The van der Waals surface area contributed by atoms with Gasteiger partial charge in [0.15, 0.2) is 11.9 Å². The van der Waals surface area contributed by atoms with Gasteiger partial charge in [0.1, 0.15) is 30.0 Å². The zero-order chi connectivity index (χ0) is 24.1. The molecule has 0 saturated carbocycles. The quantitative estimate of drug-likeness (QED) is 0.306. The van der Waals surface area contributed by atoms with Crippen LogP contribution in [0.2, 0.25) is 0 Å². The number of alkyl halides is 1. The summed E-state index contributed by atoms with van der Waals surface area (Å²) in [7, 11) is -14.8. The largest absolute Gasteiger partial charge is 0.488 e. The van der Waals surface area contributed by atoms with Gasteiger partial charge < -0.3 is 39.3 Å². The number of phosphoric acid groups is 2. The molecule has 180 valence electrons. The number of aliphatic hydroxyl groups is 1. The van der Waals surface area contributed by atoms with Crippen molar-refractivity contribution in [2.24, 2.45) is 0 Å². The predicted octanol–water partition coefficient (Wildman–Crippen LogP) is 1.02. The van der Waals surface area contributed by atoms with Crippen LogP contribution in [-0.4, -0.2) is 58.3 Å². The molecule has 0 spiro atoms. The zero-order valence-corrected chi connectivity index (χ0v) is 19.2. The van der Waals surface area contributed by atoms with E-state index in [2.05, 4.69) is 18.6 Å². The van der Waals surface area contributed by atoms with E-state index in [1.807, 2.05) is 0 Å². The van der Waals surface area contributed by atoms with Crippen molar-refractivity contribution in [2.45, 2.75) is 44.1 Å². The highest BCUT2D eigenvalue weighted by Crippen LogP contribution is 2.62. The summed E-state index contributed by atoms with van der Waals surface area (Å²) in [6.45, 7) is 2.26. The van der Waals surface area contributed by atoms with Crippen LogP contribution in [0.5, 0.6) is 0 Å². The number of aromatic nitrogens is 3. The molecular formula is C13H20FN4O11P3. The van der Waals surface area contributed by atoms with Crippen molar-refractivity contribution >= 4 is 40.8 Å². The first-order valence-electron chi connectivity index (χ1n) is 8.72. The fourth-order valence-corrected chi connectivity index (χ4v) is 6.07. The minimum atomic E-state index is -5.45. The average molecular weight is 520 g/mol. The lowest BCUT2D eigenvalue weighted by Crippen LogP contribution is -2.43. The number of nitrogens with two attached hydrogens (primary N) is 1. The van der Waals surface area contributed by atoms with Gasteiger partial charge in [-0.3, -0.25) is 4.57 Å². The van der Waals surface area contributed by atoms with Crippen LogP contribution in [-0.2, 0) is 31.6 Å². The van der Waals surface area contributed by atoms with Crippen molar-refractivity contribution in [3.05, 3.63) is 18.6 Å². The van der Waals surface area contributed by atoms with Gasteiger partial charge in [0.25, 0.3) is 0 Å². The zero-order valence-electron chi connectivity index (χ0n) is 16.4. The van der Waals surface area contributed by atoms with Gasteiger partial charge >= 0.3 is 23.9 Å². The summed E-state index contributed by atoms with van der Waals surface area (Å²) in [6.07, 6.45) is -3.47. The Morgan fingerprint density at radius 2 is 2.03 bits per heavy atom. The normalized spacial score (nSPS) is 30.3. The average Bonchev–Trinajstić information content (AvgIpc) is 3.12. The molecule has 6 N–H and O–H groups in total. The molecule has 1 fully saturated rings. The Labute approximate surface area is 180 Å². The Morgan fingerprint density at radius 1 is 1.38 bits per heavy atom. The van der Waals surface area contributed by atoms with Gasteiger partial charge in [-0.1, -0.05) is 0 Å². The highest BCUT2D eigenvalue weighted by Gasteiger charge is 2.57. The Hall–Kier alpha value is -1.28. The SMILES string of the molecule is CC(O[PH](=O)OP(=O)(O)OP(=O)(O)O)[C@H]1OC(n2ccc3c(N)ncnc32)[C@](C)(F)[C@@H]1O. The topological polar surface area (TPSA) is 226 Å². The minimum absolute atomic E-state index is 0.141. The van der Waals surface area contributed by atoms with Crippen molar-refractivity contribution in [3.63, 3.8) is 0 Å². The van der Waals surface area contributed by atoms with Crippen LogP contribution in [0.3, 0.4) is 0 Å². The van der Waals surface area contributed by atoms with E-state index >= 15 is 4.39 Å². The predicted molar refractivity (Wildman–Crippen MR) is 105 cm³/mol. The highest BCUT2D eigenvalue weighted by atomic mass is 31.3. The van der Waals surface area contributed by atoms with Crippen molar-refractivity contribution < 1.29 is 55.8 Å². The molecule has 1 aliphatic heterocycles. The molecule has 19 heteroatoms. The summed E-state index contributed by atoms with van der Waals surface area (Å²) in [4.78, 5) is 34.2. The number of hydrogen-bond acceptors (Lipinski definition) is 11. The molecule has 7 atom stereocenters. The van der Waals surface area contributed by atoms with Gasteiger partial charge in [-0.15, -0.1) is 0 Å². The second-order valence-corrected chi connectivity index (χ2v) is 11.0. The summed E-state index contributed by atoms with van der Waals surface area (Å²) in [5.74, 6) is 0.141. The Bertz CT molecular complexity index is 1120. The van der Waals surface area contributed by atoms with E-state index in [0.717, 1.165) is 13.3 Å². The van der Waals surface area contributed by atoms with Crippen molar-refractivity contribution in [1.82, 2.24) is 14.5 Å². The van der Waals surface area contributed by atoms with Gasteiger partial charge in [-0.25, -0.2) is 27.8 Å². The van der Waals surface area contributed by atoms with E-state index in [9.17, 15) is 23.7 Å². The number of nitrogen functional groups attached to an aromatic ring is 1. The third-order valence-electron chi connectivity index (χ3n) is 4.60. The first-order valence-corrected chi connectivity index (χ1v) is 13.0. The second-order valence-electron chi connectivity index (χ2n) is 6.97. The summed E-state index contributed by atoms with van der Waals surface area (Å²) < 4.78 is 68.8. The maximum absolute atomic E-state index is 15.4. The van der Waals surface area contributed by atoms with Crippen LogP contribution in [0.15, 0.2) is 18.6 Å². The van der Waals surface area contributed by atoms with Gasteiger partial charge in [0.05, 0.1) is 11.5 Å². The van der Waals surface area contributed by atoms with Crippen molar-refractivity contribution in [2.75, 3.05) is 5.73 Å². The minimum Gasteiger partial charge on any atom is -0.387 e. The number of anilines is 1. The van der Waals surface area contributed by atoms with Crippen LogP contribution in [0.1, 0.15) is 20.1 Å². The summed E-state index contributed by atoms with van der Waals surface area (Å²) in [5.41, 5.74) is 3.59. The van der Waals surface area contributed by atoms with E-state index in [4.69, 9.17) is 24.8 Å². The van der Waals surface area contributed by atoms with Gasteiger partial charge in [-0.2, -0.15) is 4.31 Å². The molecule has 3 heterocycles. The molecular weight excluding hydrogens is 500 g/mol. The van der Waals surface area contributed by atoms with Crippen LogP contribution >= 0.6 is 23.9 Å². The van der Waals surface area contributed by atoms with Crippen LogP contribution in [0.25, 0.3) is 11.0 Å². The van der Waals surface area contributed by atoms with Crippen molar-refractivity contribution in [1.29, 1.82) is 0 Å². The molecule has 2 aromatic rings. The lowest BCUT2D eigenvalue weighted by Gasteiger charge is -2.25. The monoisotopic (exact) mass is 520 g/mol. The summed E-state index contributed by atoms with van der Waals surface area (Å²) in [6, 6.07) is 1.52. The molecule has 1 saturated heterocycles. The maximum Gasteiger partial charge on any atom is 0.488 e. The summed E-state index contributed by atoms with van der Waals surface area (Å²) in [5, 5.41) is 10.9. The molecule has 0 aromatic carbocycles. The molecule has 32 heavy (non-hydrogen) atoms. The Morgan fingerprint density at radius 3 is 2.66 bits per heavy atom.